The molecule has 6 heteroatoms. The Kier molecular flexibility index (Phi) is 6.10. The standard InChI is InChI=1S/C12H19N3O3/c1-9-11(7-10(13)8-15-9)12(17)14-3-2-5-18-6-4-16/h7-8,16H,2-6,13H2,1H3,(H,14,17). The third kappa shape index (κ3) is 4.68. The lowest BCUT2D eigenvalue weighted by Crippen LogP contribution is -2.26. The van der Waals surface area contributed by atoms with Gasteiger partial charge in [-0.1, -0.05) is 0 Å². The highest BCUT2D eigenvalue weighted by atomic mass is 16.5. The topological polar surface area (TPSA) is 97.5 Å². The number of nitrogen functional groups attached to an aromatic ring is 1. The minimum absolute atomic E-state index is 0.0144. The number of rotatable bonds is 7. The quantitative estimate of drug-likeness (QED) is 0.599. The van der Waals surface area contributed by atoms with Crippen molar-refractivity contribution in [1.29, 1.82) is 0 Å². The van der Waals surface area contributed by atoms with Gasteiger partial charge in [-0.2, -0.15) is 0 Å². The van der Waals surface area contributed by atoms with E-state index in [2.05, 4.69) is 10.3 Å². The minimum atomic E-state index is -0.186. The fraction of sp³-hybridized carbons (Fsp3) is 0.500. The summed E-state index contributed by atoms with van der Waals surface area (Å²) >= 11 is 0. The first kappa shape index (κ1) is 14.4. The van der Waals surface area contributed by atoms with Gasteiger partial charge in [-0.25, -0.2) is 0 Å². The zero-order valence-electron chi connectivity index (χ0n) is 10.5. The van der Waals surface area contributed by atoms with E-state index in [4.69, 9.17) is 15.6 Å². The second kappa shape index (κ2) is 7.62. The summed E-state index contributed by atoms with van der Waals surface area (Å²) in [5.74, 6) is -0.186. The number of hydrogen-bond donors (Lipinski definition) is 3. The van der Waals surface area contributed by atoms with Crippen LogP contribution in [0, 0.1) is 6.92 Å². The monoisotopic (exact) mass is 253 g/mol. The van der Waals surface area contributed by atoms with Crippen molar-refractivity contribution < 1.29 is 14.6 Å². The number of aliphatic hydroxyl groups is 1. The Morgan fingerprint density at radius 2 is 2.33 bits per heavy atom. The number of aryl methyl sites for hydroxylation is 1. The highest BCUT2D eigenvalue weighted by Gasteiger charge is 2.09. The number of hydrogen-bond acceptors (Lipinski definition) is 5. The molecule has 1 amide bonds. The van der Waals surface area contributed by atoms with Crippen LogP contribution >= 0.6 is 0 Å². The van der Waals surface area contributed by atoms with Crippen molar-refractivity contribution in [3.05, 3.63) is 23.5 Å². The molecule has 100 valence electrons. The number of nitrogens with two attached hydrogens (primary N) is 1. The van der Waals surface area contributed by atoms with Gasteiger partial charge in [-0.05, 0) is 19.4 Å². The zero-order chi connectivity index (χ0) is 13.4. The molecule has 0 aliphatic rings. The molecule has 1 rings (SSSR count). The zero-order valence-corrected chi connectivity index (χ0v) is 10.5. The van der Waals surface area contributed by atoms with E-state index in [0.29, 0.717) is 43.1 Å². The van der Waals surface area contributed by atoms with E-state index in [1.54, 1.807) is 13.0 Å². The first-order valence-electron chi connectivity index (χ1n) is 5.84. The van der Waals surface area contributed by atoms with Crippen LogP contribution in [0.4, 0.5) is 5.69 Å². The molecule has 0 atom stereocenters. The predicted molar refractivity (Wildman–Crippen MR) is 68.2 cm³/mol. The Morgan fingerprint density at radius 3 is 3.06 bits per heavy atom. The Hall–Kier alpha value is -1.66. The number of nitrogens with one attached hydrogen (secondary N) is 1. The summed E-state index contributed by atoms with van der Waals surface area (Å²) in [6.45, 7) is 3.12. The number of nitrogens with zero attached hydrogens (tertiary/aromatic N) is 1. The number of aliphatic hydroxyl groups excluding tert-OH is 1. The molecule has 1 aromatic heterocycles. The molecule has 4 N–H and O–H groups in total. The third-order valence-electron chi connectivity index (χ3n) is 2.34. The van der Waals surface area contributed by atoms with Gasteiger partial charge in [0.2, 0.25) is 0 Å². The smallest absolute Gasteiger partial charge is 0.253 e. The van der Waals surface area contributed by atoms with Crippen molar-refractivity contribution in [3.63, 3.8) is 0 Å². The molecule has 1 aromatic rings. The number of ether oxygens (including phenoxy) is 1. The summed E-state index contributed by atoms with van der Waals surface area (Å²) in [6, 6.07) is 1.61. The Balaban J connectivity index is 2.34. The van der Waals surface area contributed by atoms with E-state index >= 15 is 0 Å². The molecule has 0 aromatic carbocycles. The minimum Gasteiger partial charge on any atom is -0.397 e. The average Bonchev–Trinajstić information content (AvgIpc) is 2.36. The van der Waals surface area contributed by atoms with Crippen molar-refractivity contribution in [2.45, 2.75) is 13.3 Å². The van der Waals surface area contributed by atoms with Crippen LogP contribution in [-0.2, 0) is 4.74 Å². The van der Waals surface area contributed by atoms with Gasteiger partial charge in [0.25, 0.3) is 5.91 Å². The van der Waals surface area contributed by atoms with Gasteiger partial charge in [0, 0.05) is 13.2 Å². The molecule has 0 spiro atoms. The van der Waals surface area contributed by atoms with Crippen LogP contribution in [0.5, 0.6) is 0 Å². The van der Waals surface area contributed by atoms with Crippen LogP contribution in [0.1, 0.15) is 22.5 Å². The van der Waals surface area contributed by atoms with Crippen molar-refractivity contribution in [1.82, 2.24) is 10.3 Å². The molecule has 0 saturated carbocycles. The van der Waals surface area contributed by atoms with Gasteiger partial charge in [0.1, 0.15) is 0 Å². The largest absolute Gasteiger partial charge is 0.397 e. The number of amides is 1. The van der Waals surface area contributed by atoms with Crippen LogP contribution in [0.15, 0.2) is 12.3 Å². The summed E-state index contributed by atoms with van der Waals surface area (Å²) in [5, 5.41) is 11.3. The lowest BCUT2D eigenvalue weighted by molar-refractivity contribution is 0.0867. The molecule has 0 aliphatic carbocycles. The molecule has 0 fully saturated rings. The van der Waals surface area contributed by atoms with Crippen LogP contribution in [0.2, 0.25) is 0 Å². The van der Waals surface area contributed by atoms with Gasteiger partial charge >= 0.3 is 0 Å². The molecule has 18 heavy (non-hydrogen) atoms. The Labute approximate surface area is 106 Å². The van der Waals surface area contributed by atoms with Crippen LogP contribution in [0.3, 0.4) is 0 Å². The van der Waals surface area contributed by atoms with Crippen molar-refractivity contribution in [2.75, 3.05) is 32.1 Å². The number of anilines is 1. The SMILES string of the molecule is Cc1ncc(N)cc1C(=O)NCCCOCCO. The first-order valence-corrected chi connectivity index (χ1v) is 5.84. The number of carbonyl (C=O) groups is 1. The normalized spacial score (nSPS) is 10.3. The van der Waals surface area contributed by atoms with E-state index in [1.807, 2.05) is 0 Å². The van der Waals surface area contributed by atoms with E-state index < -0.39 is 0 Å². The van der Waals surface area contributed by atoms with Crippen molar-refractivity contribution in [2.24, 2.45) is 0 Å². The van der Waals surface area contributed by atoms with Gasteiger partial charge in [0.05, 0.1) is 36.4 Å². The Morgan fingerprint density at radius 1 is 1.56 bits per heavy atom. The molecule has 1 heterocycles. The number of carbonyl (C=O) groups excluding carboxylic acids is 1. The lowest BCUT2D eigenvalue weighted by Gasteiger charge is -2.08. The van der Waals surface area contributed by atoms with E-state index in [0.717, 1.165) is 0 Å². The van der Waals surface area contributed by atoms with Gasteiger partial charge in [0.15, 0.2) is 0 Å². The summed E-state index contributed by atoms with van der Waals surface area (Å²) < 4.78 is 5.08. The second-order valence-electron chi connectivity index (χ2n) is 3.85. The summed E-state index contributed by atoms with van der Waals surface area (Å²) in [6.07, 6.45) is 2.22. The van der Waals surface area contributed by atoms with Crippen LogP contribution < -0.4 is 11.1 Å². The predicted octanol–water partition coefficient (Wildman–Crippen LogP) is 0.101. The molecule has 0 aliphatic heterocycles. The molecular weight excluding hydrogens is 234 g/mol. The average molecular weight is 253 g/mol. The summed E-state index contributed by atoms with van der Waals surface area (Å²) in [4.78, 5) is 15.8. The molecule has 0 unspecified atom stereocenters. The Bertz CT molecular complexity index is 396. The molecular formula is C12H19N3O3. The molecule has 0 bridgehead atoms. The second-order valence-corrected chi connectivity index (χ2v) is 3.85. The van der Waals surface area contributed by atoms with E-state index in [-0.39, 0.29) is 12.5 Å². The maximum Gasteiger partial charge on any atom is 0.253 e. The molecule has 0 saturated heterocycles. The van der Waals surface area contributed by atoms with Gasteiger partial charge in [-0.15, -0.1) is 0 Å². The first-order chi connectivity index (χ1) is 8.65. The lowest BCUT2D eigenvalue weighted by atomic mass is 10.2. The maximum atomic E-state index is 11.8. The number of pyridine rings is 1. The fourth-order valence-electron chi connectivity index (χ4n) is 1.42. The highest BCUT2D eigenvalue weighted by molar-refractivity contribution is 5.95. The third-order valence-corrected chi connectivity index (χ3v) is 2.34. The summed E-state index contributed by atoms with van der Waals surface area (Å²) in [5.41, 5.74) is 7.20. The van der Waals surface area contributed by atoms with Crippen LogP contribution in [-0.4, -0.2) is 42.4 Å². The molecule has 0 radical (unpaired) electrons. The van der Waals surface area contributed by atoms with Gasteiger partial charge in [-0.3, -0.25) is 9.78 Å². The molecule has 6 nitrogen and oxygen atoms in total. The van der Waals surface area contributed by atoms with Gasteiger partial charge < -0.3 is 20.9 Å². The number of aromatic nitrogens is 1. The maximum absolute atomic E-state index is 11.8. The summed E-state index contributed by atoms with van der Waals surface area (Å²) in [7, 11) is 0. The van der Waals surface area contributed by atoms with E-state index in [9.17, 15) is 4.79 Å². The van der Waals surface area contributed by atoms with Crippen molar-refractivity contribution in [3.8, 4) is 0 Å². The van der Waals surface area contributed by atoms with E-state index in [1.165, 1.54) is 6.20 Å². The van der Waals surface area contributed by atoms with Crippen LogP contribution in [0.25, 0.3) is 0 Å². The highest BCUT2D eigenvalue weighted by Crippen LogP contribution is 2.09. The van der Waals surface area contributed by atoms with Crippen molar-refractivity contribution >= 4 is 11.6 Å². The fourth-order valence-corrected chi connectivity index (χ4v) is 1.42.